The largest absolute Gasteiger partial charge is 0.477 e. The van der Waals surface area contributed by atoms with Gasteiger partial charge in [0.2, 0.25) is 0 Å². The smallest absolute Gasteiger partial charge is 0.407 e. The Hall–Kier alpha value is -4.11. The number of aromatic carboxylic acids is 1. The highest BCUT2D eigenvalue weighted by atomic mass is 16.5. The average Bonchev–Trinajstić information content (AvgIpc) is 3.09. The topological polar surface area (TPSA) is 88.5 Å². The summed E-state index contributed by atoms with van der Waals surface area (Å²) in [5.41, 5.74) is 5.78. The number of ether oxygens (including phenoxy) is 1. The van der Waals surface area contributed by atoms with Crippen LogP contribution >= 0.6 is 0 Å². The van der Waals surface area contributed by atoms with E-state index in [4.69, 9.17) is 9.84 Å². The Morgan fingerprint density at radius 3 is 2.35 bits per heavy atom. The molecule has 1 amide bonds. The van der Waals surface area contributed by atoms with E-state index in [0.717, 1.165) is 11.1 Å². The standard InChI is InChI=1S/C25H20N2O4/c1-16-13-17(14-27-23(16)24(28)29)7-6-12-26-25(30)31-15-22-20-10-4-2-8-18(20)19-9-3-5-11-21(19)22/h2-5,8-11,13-14,22H,12,15H2,1H3,(H,26,30)(H,28,29). The van der Waals surface area contributed by atoms with Gasteiger partial charge in [-0.05, 0) is 40.8 Å². The highest BCUT2D eigenvalue weighted by Gasteiger charge is 2.28. The van der Waals surface area contributed by atoms with Crippen LogP contribution in [0, 0.1) is 18.8 Å². The molecule has 0 saturated heterocycles. The Morgan fingerprint density at radius 2 is 1.74 bits per heavy atom. The Labute approximate surface area is 179 Å². The second-order valence-corrected chi connectivity index (χ2v) is 7.18. The fourth-order valence-corrected chi connectivity index (χ4v) is 3.78. The van der Waals surface area contributed by atoms with Gasteiger partial charge in [0.15, 0.2) is 5.69 Å². The molecule has 0 fully saturated rings. The first-order valence-electron chi connectivity index (χ1n) is 9.82. The maximum Gasteiger partial charge on any atom is 0.407 e. The molecule has 0 saturated carbocycles. The summed E-state index contributed by atoms with van der Waals surface area (Å²) in [6.45, 7) is 2.01. The third-order valence-corrected chi connectivity index (χ3v) is 5.18. The molecule has 0 atom stereocenters. The van der Waals surface area contributed by atoms with Crippen LogP contribution < -0.4 is 5.32 Å². The number of benzene rings is 2. The van der Waals surface area contributed by atoms with Crippen LogP contribution in [0.15, 0.2) is 60.8 Å². The summed E-state index contributed by atoms with van der Waals surface area (Å²) in [7, 11) is 0. The number of alkyl carbamates (subject to hydrolysis) is 1. The molecule has 6 heteroatoms. The minimum Gasteiger partial charge on any atom is -0.477 e. The number of rotatable bonds is 4. The zero-order valence-corrected chi connectivity index (χ0v) is 16.9. The first kappa shape index (κ1) is 20.2. The Balaban J connectivity index is 1.34. The quantitative estimate of drug-likeness (QED) is 0.633. The molecule has 1 heterocycles. The van der Waals surface area contributed by atoms with Gasteiger partial charge in [0, 0.05) is 17.7 Å². The van der Waals surface area contributed by atoms with E-state index in [-0.39, 0.29) is 24.8 Å². The molecule has 4 rings (SSSR count). The van der Waals surface area contributed by atoms with Crippen molar-refractivity contribution >= 4 is 12.1 Å². The highest BCUT2D eigenvalue weighted by Crippen LogP contribution is 2.44. The zero-order valence-electron chi connectivity index (χ0n) is 16.9. The van der Waals surface area contributed by atoms with Gasteiger partial charge in [-0.15, -0.1) is 0 Å². The molecule has 6 nitrogen and oxygen atoms in total. The number of carboxylic acid groups (broad SMARTS) is 1. The van der Waals surface area contributed by atoms with Crippen molar-refractivity contribution in [3.05, 3.63) is 88.7 Å². The SMILES string of the molecule is Cc1cc(C#CCNC(=O)OCC2c3ccccc3-c3ccccc32)cnc1C(=O)O. The molecule has 0 radical (unpaired) electrons. The highest BCUT2D eigenvalue weighted by molar-refractivity contribution is 5.87. The van der Waals surface area contributed by atoms with Crippen LogP contribution in [0.3, 0.4) is 0 Å². The lowest BCUT2D eigenvalue weighted by Gasteiger charge is -2.14. The summed E-state index contributed by atoms with van der Waals surface area (Å²) >= 11 is 0. The van der Waals surface area contributed by atoms with Crippen LogP contribution in [0.2, 0.25) is 0 Å². The monoisotopic (exact) mass is 412 g/mol. The molecule has 0 bridgehead atoms. The number of hydrogen-bond acceptors (Lipinski definition) is 4. The van der Waals surface area contributed by atoms with E-state index in [2.05, 4.69) is 46.4 Å². The Bertz CT molecular complexity index is 1180. The number of aryl methyl sites for hydroxylation is 1. The number of fused-ring (bicyclic) bond motifs is 3. The number of carbonyl (C=O) groups excluding carboxylic acids is 1. The summed E-state index contributed by atoms with van der Waals surface area (Å²) < 4.78 is 5.46. The Kier molecular flexibility index (Phi) is 5.67. The molecule has 0 unspecified atom stereocenters. The van der Waals surface area contributed by atoms with Crippen LogP contribution in [-0.2, 0) is 4.74 Å². The van der Waals surface area contributed by atoms with E-state index >= 15 is 0 Å². The summed E-state index contributed by atoms with van der Waals surface area (Å²) in [5, 5.41) is 11.6. The van der Waals surface area contributed by atoms with E-state index in [0.29, 0.717) is 11.1 Å². The molecule has 1 aliphatic carbocycles. The van der Waals surface area contributed by atoms with Crippen LogP contribution in [0.4, 0.5) is 4.79 Å². The predicted octanol–water partition coefficient (Wildman–Crippen LogP) is 3.98. The third-order valence-electron chi connectivity index (χ3n) is 5.18. The van der Waals surface area contributed by atoms with Crippen molar-refractivity contribution in [1.29, 1.82) is 0 Å². The molecule has 1 aliphatic rings. The van der Waals surface area contributed by atoms with Gasteiger partial charge < -0.3 is 15.2 Å². The van der Waals surface area contributed by atoms with Gasteiger partial charge in [-0.1, -0.05) is 60.4 Å². The van der Waals surface area contributed by atoms with Crippen molar-refractivity contribution in [3.8, 4) is 23.0 Å². The number of carboxylic acids is 1. The minimum absolute atomic E-state index is 0.00214. The number of nitrogens with one attached hydrogen (secondary N) is 1. The molecule has 31 heavy (non-hydrogen) atoms. The zero-order chi connectivity index (χ0) is 21.8. The van der Waals surface area contributed by atoms with Gasteiger partial charge in [-0.3, -0.25) is 0 Å². The first-order valence-corrected chi connectivity index (χ1v) is 9.82. The molecule has 0 aliphatic heterocycles. The van der Waals surface area contributed by atoms with Crippen molar-refractivity contribution in [2.45, 2.75) is 12.8 Å². The van der Waals surface area contributed by atoms with E-state index in [1.807, 2.05) is 24.3 Å². The average molecular weight is 412 g/mol. The second-order valence-electron chi connectivity index (χ2n) is 7.18. The maximum atomic E-state index is 12.1. The maximum absolute atomic E-state index is 12.1. The molecule has 154 valence electrons. The van der Waals surface area contributed by atoms with E-state index < -0.39 is 12.1 Å². The van der Waals surface area contributed by atoms with Gasteiger partial charge in [0.25, 0.3) is 0 Å². The lowest BCUT2D eigenvalue weighted by Crippen LogP contribution is -2.26. The molecule has 1 aromatic heterocycles. The number of amides is 1. The number of carbonyl (C=O) groups is 2. The summed E-state index contributed by atoms with van der Waals surface area (Å²) in [4.78, 5) is 27.0. The van der Waals surface area contributed by atoms with Crippen molar-refractivity contribution in [2.75, 3.05) is 13.2 Å². The molecular formula is C25H20N2O4. The fraction of sp³-hybridized carbons (Fsp3) is 0.160. The minimum atomic E-state index is -1.08. The van der Waals surface area contributed by atoms with Crippen LogP contribution in [0.5, 0.6) is 0 Å². The molecule has 0 spiro atoms. The number of nitrogens with zero attached hydrogens (tertiary/aromatic N) is 1. The van der Waals surface area contributed by atoms with Gasteiger partial charge in [-0.2, -0.15) is 0 Å². The lowest BCUT2D eigenvalue weighted by atomic mass is 9.98. The van der Waals surface area contributed by atoms with E-state index in [1.54, 1.807) is 13.0 Å². The van der Waals surface area contributed by atoms with Crippen molar-refractivity contribution in [3.63, 3.8) is 0 Å². The van der Waals surface area contributed by atoms with Gasteiger partial charge >= 0.3 is 12.1 Å². The van der Waals surface area contributed by atoms with Gasteiger partial charge in [0.05, 0.1) is 6.54 Å². The Morgan fingerprint density at radius 1 is 1.10 bits per heavy atom. The van der Waals surface area contributed by atoms with Gasteiger partial charge in [0.1, 0.15) is 6.61 Å². The molecule has 2 N–H and O–H groups in total. The van der Waals surface area contributed by atoms with Crippen molar-refractivity contribution in [1.82, 2.24) is 10.3 Å². The van der Waals surface area contributed by atoms with E-state index in [9.17, 15) is 9.59 Å². The molecule has 2 aromatic carbocycles. The molecule has 3 aromatic rings. The second kappa shape index (κ2) is 8.72. The van der Waals surface area contributed by atoms with Crippen LogP contribution in [0.1, 0.15) is 38.7 Å². The molecular weight excluding hydrogens is 392 g/mol. The predicted molar refractivity (Wildman–Crippen MR) is 116 cm³/mol. The normalized spacial score (nSPS) is 11.6. The lowest BCUT2D eigenvalue weighted by molar-refractivity contribution is 0.0689. The summed E-state index contributed by atoms with van der Waals surface area (Å²) in [6, 6.07) is 18.0. The number of pyridine rings is 1. The fourth-order valence-electron chi connectivity index (χ4n) is 3.78. The number of hydrogen-bond donors (Lipinski definition) is 2. The van der Waals surface area contributed by atoms with Gasteiger partial charge in [-0.25, -0.2) is 14.6 Å². The van der Waals surface area contributed by atoms with E-state index in [1.165, 1.54) is 17.3 Å². The summed E-state index contributed by atoms with van der Waals surface area (Å²) in [5.74, 6) is 4.60. The van der Waals surface area contributed by atoms with Crippen LogP contribution in [-0.4, -0.2) is 35.3 Å². The van der Waals surface area contributed by atoms with Crippen molar-refractivity contribution < 1.29 is 19.4 Å². The third kappa shape index (κ3) is 4.26. The summed E-state index contributed by atoms with van der Waals surface area (Å²) in [6.07, 6.45) is 0.864. The number of aromatic nitrogens is 1. The van der Waals surface area contributed by atoms with Crippen molar-refractivity contribution in [2.24, 2.45) is 0 Å². The van der Waals surface area contributed by atoms with Crippen LogP contribution in [0.25, 0.3) is 11.1 Å². The first-order chi connectivity index (χ1) is 15.0.